The number of fused-ring (bicyclic) bond motifs is 1. The number of nitrogens with zero attached hydrogens (tertiary/aromatic N) is 3. The summed E-state index contributed by atoms with van der Waals surface area (Å²) < 4.78 is 5.40. The van der Waals surface area contributed by atoms with Crippen LogP contribution >= 0.6 is 0 Å². The van der Waals surface area contributed by atoms with Crippen molar-refractivity contribution >= 4 is 28.2 Å². The van der Waals surface area contributed by atoms with Gasteiger partial charge in [-0.05, 0) is 78.9 Å². The van der Waals surface area contributed by atoms with E-state index in [-0.39, 0.29) is 6.10 Å². The van der Waals surface area contributed by atoms with E-state index in [1.165, 1.54) is 5.56 Å². The van der Waals surface area contributed by atoms with E-state index in [1.807, 2.05) is 32.1 Å². The van der Waals surface area contributed by atoms with E-state index in [0.717, 1.165) is 33.5 Å². The molecule has 1 heterocycles. The molecule has 0 spiro atoms. The molecule has 3 aromatic rings. The van der Waals surface area contributed by atoms with Gasteiger partial charge in [0.2, 0.25) is 5.95 Å². The van der Waals surface area contributed by atoms with Gasteiger partial charge in [0.1, 0.15) is 5.52 Å². The van der Waals surface area contributed by atoms with Crippen molar-refractivity contribution < 1.29 is 9.84 Å². The highest BCUT2D eigenvalue weighted by molar-refractivity contribution is 5.86. The van der Waals surface area contributed by atoms with Gasteiger partial charge in [0, 0.05) is 19.2 Å². The minimum absolute atomic E-state index is 0.139. The predicted molar refractivity (Wildman–Crippen MR) is 115 cm³/mol. The second kappa shape index (κ2) is 7.64. The summed E-state index contributed by atoms with van der Waals surface area (Å²) in [5.41, 5.74) is 7.61. The zero-order valence-corrected chi connectivity index (χ0v) is 17.0. The van der Waals surface area contributed by atoms with Crippen LogP contribution in [0.1, 0.15) is 28.7 Å². The molecule has 1 aliphatic rings. The van der Waals surface area contributed by atoms with Gasteiger partial charge in [0.25, 0.3) is 0 Å². The molecular formula is C23H24N4O2. The normalized spacial score (nSPS) is 16.5. The Morgan fingerprint density at radius 1 is 1.07 bits per heavy atom. The lowest BCUT2D eigenvalue weighted by Crippen LogP contribution is -2.12. The van der Waals surface area contributed by atoms with Crippen LogP contribution in [0, 0.1) is 20.8 Å². The molecule has 1 atom stereocenters. The molecular weight excluding hydrogens is 364 g/mol. The average molecular weight is 388 g/mol. The maximum absolute atomic E-state index is 10.0. The van der Waals surface area contributed by atoms with Crippen LogP contribution in [0.4, 0.5) is 11.6 Å². The maximum atomic E-state index is 10.0. The Balaban J connectivity index is 1.70. The molecule has 0 bridgehead atoms. The smallest absolute Gasteiger partial charge is 0.247 e. The second-order valence-corrected chi connectivity index (χ2v) is 7.48. The molecule has 0 amide bonds. The molecule has 4 rings (SSSR count). The molecule has 148 valence electrons. The Kier molecular flexibility index (Phi) is 5.03. The molecule has 6 nitrogen and oxygen atoms in total. The molecule has 1 unspecified atom stereocenters. The van der Waals surface area contributed by atoms with Gasteiger partial charge in [-0.15, -0.1) is 10.2 Å². The van der Waals surface area contributed by atoms with Crippen molar-refractivity contribution in [1.82, 2.24) is 15.2 Å². The Hall–Kier alpha value is -3.25. The lowest BCUT2D eigenvalue weighted by molar-refractivity contribution is 0.129. The minimum Gasteiger partial charge on any atom is -0.512 e. The number of rotatable bonds is 4. The lowest BCUT2D eigenvalue weighted by atomic mass is 9.95. The Labute approximate surface area is 170 Å². The topological polar surface area (TPSA) is 80.2 Å². The summed E-state index contributed by atoms with van der Waals surface area (Å²) >= 11 is 0. The fraction of sp³-hybridized carbons (Fsp3) is 0.261. The van der Waals surface area contributed by atoms with E-state index >= 15 is 0 Å². The summed E-state index contributed by atoms with van der Waals surface area (Å²) in [5, 5.41) is 22.0. The molecule has 2 N–H and O–H groups in total. The summed E-state index contributed by atoms with van der Waals surface area (Å²) in [4.78, 5) is 4.68. The van der Waals surface area contributed by atoms with Crippen molar-refractivity contribution in [1.29, 1.82) is 0 Å². The number of ether oxygens (including phenoxy) is 1. The summed E-state index contributed by atoms with van der Waals surface area (Å²) in [5.74, 6) is 0.778. The summed E-state index contributed by atoms with van der Waals surface area (Å²) in [6.07, 6.45) is 4.13. The monoisotopic (exact) mass is 388 g/mol. The molecule has 0 radical (unpaired) electrons. The van der Waals surface area contributed by atoms with Crippen molar-refractivity contribution in [2.75, 3.05) is 12.4 Å². The molecule has 1 aliphatic carbocycles. The Morgan fingerprint density at radius 3 is 2.69 bits per heavy atom. The highest BCUT2D eigenvalue weighted by atomic mass is 16.5. The summed E-state index contributed by atoms with van der Waals surface area (Å²) in [7, 11) is 1.64. The van der Waals surface area contributed by atoms with Gasteiger partial charge in [0.05, 0.1) is 17.4 Å². The first-order valence-electron chi connectivity index (χ1n) is 9.57. The van der Waals surface area contributed by atoms with Gasteiger partial charge in [-0.1, -0.05) is 12.1 Å². The highest BCUT2D eigenvalue weighted by Crippen LogP contribution is 2.29. The van der Waals surface area contributed by atoms with Crippen molar-refractivity contribution in [3.05, 3.63) is 70.5 Å². The van der Waals surface area contributed by atoms with Crippen LogP contribution in [0.25, 0.3) is 16.6 Å². The standard InChI is InChI=1S/C23H24N4O2/c1-13-5-6-14(2)20(7-13)24-23-25-22-15(3)8-16(11-21(22)26-27-23)17-9-18(28)12-19(10-17)29-4/h5-11,19,28H,12H2,1-4H3,(H,24,25,27). The van der Waals surface area contributed by atoms with Gasteiger partial charge in [-0.3, -0.25) is 0 Å². The SMILES string of the molecule is COC1C=C(c2cc(C)c3nc(Nc4cc(C)ccc4C)nnc3c2)C=C(O)C1. The zero-order valence-electron chi connectivity index (χ0n) is 17.0. The highest BCUT2D eigenvalue weighted by Gasteiger charge is 2.17. The third-order valence-corrected chi connectivity index (χ3v) is 5.12. The molecule has 2 aromatic carbocycles. The fourth-order valence-corrected chi connectivity index (χ4v) is 3.51. The number of aliphatic hydroxyl groups is 1. The summed E-state index contributed by atoms with van der Waals surface area (Å²) in [6, 6.07) is 10.2. The maximum Gasteiger partial charge on any atom is 0.247 e. The molecule has 1 aromatic heterocycles. The van der Waals surface area contributed by atoms with Crippen molar-refractivity contribution in [2.24, 2.45) is 0 Å². The third kappa shape index (κ3) is 3.98. The number of allylic oxidation sites excluding steroid dienone is 2. The molecule has 29 heavy (non-hydrogen) atoms. The van der Waals surface area contributed by atoms with Crippen LogP contribution in [-0.2, 0) is 4.74 Å². The van der Waals surface area contributed by atoms with E-state index in [2.05, 4.69) is 45.6 Å². The lowest BCUT2D eigenvalue weighted by Gasteiger charge is -2.18. The van der Waals surface area contributed by atoms with Crippen LogP contribution in [0.2, 0.25) is 0 Å². The largest absolute Gasteiger partial charge is 0.512 e. The molecule has 0 saturated carbocycles. The number of benzene rings is 2. The molecule has 0 saturated heterocycles. The van der Waals surface area contributed by atoms with Gasteiger partial charge in [0.15, 0.2) is 0 Å². The van der Waals surface area contributed by atoms with Gasteiger partial charge >= 0.3 is 0 Å². The number of aryl methyl sites for hydroxylation is 3. The van der Waals surface area contributed by atoms with E-state index in [4.69, 9.17) is 4.74 Å². The van der Waals surface area contributed by atoms with Crippen LogP contribution in [0.3, 0.4) is 0 Å². The van der Waals surface area contributed by atoms with Gasteiger partial charge in [-0.2, -0.15) is 0 Å². The van der Waals surface area contributed by atoms with Crippen LogP contribution < -0.4 is 5.32 Å². The Morgan fingerprint density at radius 2 is 1.90 bits per heavy atom. The molecule has 0 aliphatic heterocycles. The van der Waals surface area contributed by atoms with Crippen molar-refractivity contribution in [3.8, 4) is 0 Å². The third-order valence-electron chi connectivity index (χ3n) is 5.12. The number of methoxy groups -OCH3 is 1. The van der Waals surface area contributed by atoms with Gasteiger partial charge < -0.3 is 15.2 Å². The van der Waals surface area contributed by atoms with E-state index in [1.54, 1.807) is 13.2 Å². The van der Waals surface area contributed by atoms with Gasteiger partial charge in [-0.25, -0.2) is 4.98 Å². The van der Waals surface area contributed by atoms with E-state index in [0.29, 0.717) is 23.6 Å². The van der Waals surface area contributed by atoms with E-state index in [9.17, 15) is 5.11 Å². The number of anilines is 2. The second-order valence-electron chi connectivity index (χ2n) is 7.48. The first-order chi connectivity index (χ1) is 13.9. The van der Waals surface area contributed by atoms with Crippen LogP contribution in [0.5, 0.6) is 0 Å². The molecule has 0 fully saturated rings. The average Bonchev–Trinajstić information content (AvgIpc) is 2.70. The fourth-order valence-electron chi connectivity index (χ4n) is 3.51. The number of hydrogen-bond acceptors (Lipinski definition) is 6. The summed E-state index contributed by atoms with van der Waals surface area (Å²) in [6.45, 7) is 6.10. The minimum atomic E-state index is -0.139. The number of aromatic nitrogens is 3. The number of hydrogen-bond donors (Lipinski definition) is 2. The predicted octanol–water partition coefficient (Wildman–Crippen LogP) is 4.94. The zero-order chi connectivity index (χ0) is 20.5. The quantitative estimate of drug-likeness (QED) is 0.659. The van der Waals surface area contributed by atoms with Crippen LogP contribution in [0.15, 0.2) is 48.2 Å². The van der Waals surface area contributed by atoms with E-state index < -0.39 is 0 Å². The number of aliphatic hydroxyl groups excluding tert-OH is 1. The first-order valence-corrected chi connectivity index (χ1v) is 9.57. The molecule has 6 heteroatoms. The first kappa shape index (κ1) is 19.1. The number of nitrogens with one attached hydrogen (secondary N) is 1. The van der Waals surface area contributed by atoms with Crippen molar-refractivity contribution in [3.63, 3.8) is 0 Å². The van der Waals surface area contributed by atoms with Crippen molar-refractivity contribution in [2.45, 2.75) is 33.3 Å². The Bertz CT molecular complexity index is 1150. The van der Waals surface area contributed by atoms with Crippen LogP contribution in [-0.4, -0.2) is 33.5 Å².